The molecule has 1 unspecified atom stereocenters. The first-order chi connectivity index (χ1) is 7.74. The highest BCUT2D eigenvalue weighted by molar-refractivity contribution is 5.78. The van der Waals surface area contributed by atoms with Gasteiger partial charge in [0, 0.05) is 20.2 Å². The number of carbonyl (C=O) groups excluding carboxylic acids is 1. The molecule has 0 aromatic heterocycles. The van der Waals surface area contributed by atoms with Gasteiger partial charge in [0.05, 0.1) is 19.3 Å². The average Bonchev–Trinajstić information content (AvgIpc) is 2.78. The topological polar surface area (TPSA) is 61.8 Å². The lowest BCUT2D eigenvalue weighted by Gasteiger charge is -2.16. The van der Waals surface area contributed by atoms with E-state index in [2.05, 4.69) is 5.32 Å². The summed E-state index contributed by atoms with van der Waals surface area (Å²) in [5, 5.41) is 12.4. The van der Waals surface area contributed by atoms with Gasteiger partial charge in [-0.15, -0.1) is 0 Å². The summed E-state index contributed by atoms with van der Waals surface area (Å²) in [4.78, 5) is 13.5. The van der Waals surface area contributed by atoms with Crippen LogP contribution in [0.2, 0.25) is 0 Å². The number of aliphatic hydroxyl groups is 1. The number of hydrogen-bond donors (Lipinski definition) is 2. The van der Waals surface area contributed by atoms with Crippen LogP contribution in [0.15, 0.2) is 0 Å². The van der Waals surface area contributed by atoms with E-state index in [0.29, 0.717) is 26.1 Å². The first-order valence-corrected chi connectivity index (χ1v) is 5.89. The third-order valence-corrected chi connectivity index (χ3v) is 2.75. The minimum Gasteiger partial charge on any atom is -0.391 e. The third kappa shape index (κ3) is 4.92. The van der Waals surface area contributed by atoms with E-state index in [0.717, 1.165) is 25.9 Å². The molecule has 16 heavy (non-hydrogen) atoms. The fourth-order valence-electron chi connectivity index (χ4n) is 1.82. The number of likely N-dealkylation sites (tertiary alicyclic amines) is 1. The first kappa shape index (κ1) is 13.4. The lowest BCUT2D eigenvalue weighted by atomic mass is 10.2. The molecule has 0 aromatic carbocycles. The Kier molecular flexibility index (Phi) is 6.37. The summed E-state index contributed by atoms with van der Waals surface area (Å²) in [6.45, 7) is 3.16. The summed E-state index contributed by atoms with van der Waals surface area (Å²) in [5.41, 5.74) is 0. The van der Waals surface area contributed by atoms with Crippen molar-refractivity contribution in [2.45, 2.75) is 25.4 Å². The zero-order valence-electron chi connectivity index (χ0n) is 9.95. The highest BCUT2D eigenvalue weighted by Crippen LogP contribution is 2.06. The molecule has 1 aliphatic heterocycles. The normalized spacial score (nSPS) is 17.8. The van der Waals surface area contributed by atoms with E-state index in [1.54, 1.807) is 7.11 Å². The molecule has 1 aliphatic rings. The van der Waals surface area contributed by atoms with E-state index in [1.165, 1.54) is 0 Å². The standard InChI is InChI=1S/C11H22N2O3/c1-16-9-10(14)4-5-12-8-11(15)13-6-2-3-7-13/h10,12,14H,2-9H2,1H3. The molecule has 1 saturated heterocycles. The van der Waals surface area contributed by atoms with E-state index in [9.17, 15) is 9.90 Å². The Balaban J connectivity index is 1.99. The quantitative estimate of drug-likeness (QED) is 0.584. The molecule has 0 saturated carbocycles. The molecule has 0 bridgehead atoms. The van der Waals surface area contributed by atoms with Crippen LogP contribution in [-0.4, -0.2) is 61.9 Å². The van der Waals surface area contributed by atoms with Gasteiger partial charge in [-0.05, 0) is 25.8 Å². The summed E-state index contributed by atoms with van der Waals surface area (Å²) >= 11 is 0. The Hall–Kier alpha value is -0.650. The first-order valence-electron chi connectivity index (χ1n) is 5.89. The van der Waals surface area contributed by atoms with Crippen LogP contribution in [0, 0.1) is 0 Å². The molecule has 1 atom stereocenters. The minimum atomic E-state index is -0.445. The second-order valence-corrected chi connectivity index (χ2v) is 4.16. The van der Waals surface area contributed by atoms with Crippen LogP contribution >= 0.6 is 0 Å². The van der Waals surface area contributed by atoms with Crippen LogP contribution in [0.1, 0.15) is 19.3 Å². The van der Waals surface area contributed by atoms with E-state index in [-0.39, 0.29) is 5.91 Å². The number of nitrogens with zero attached hydrogens (tertiary/aromatic N) is 1. The van der Waals surface area contributed by atoms with Crippen molar-refractivity contribution in [1.82, 2.24) is 10.2 Å². The van der Waals surface area contributed by atoms with Gasteiger partial charge >= 0.3 is 0 Å². The Bertz CT molecular complexity index is 205. The predicted octanol–water partition coefficient (Wildman–Crippen LogP) is -0.404. The Morgan fingerprint density at radius 3 is 2.81 bits per heavy atom. The van der Waals surface area contributed by atoms with E-state index >= 15 is 0 Å². The molecule has 0 spiro atoms. The molecule has 0 aliphatic carbocycles. The lowest BCUT2D eigenvalue weighted by Crippen LogP contribution is -2.37. The molecule has 1 heterocycles. The molecule has 0 aromatic rings. The van der Waals surface area contributed by atoms with Gasteiger partial charge in [-0.25, -0.2) is 0 Å². The number of aliphatic hydroxyl groups excluding tert-OH is 1. The SMILES string of the molecule is COCC(O)CCNCC(=O)N1CCCC1. The molecule has 5 heteroatoms. The fourth-order valence-corrected chi connectivity index (χ4v) is 1.82. The van der Waals surface area contributed by atoms with E-state index in [4.69, 9.17) is 4.74 Å². The van der Waals surface area contributed by atoms with Crippen molar-refractivity contribution in [3.05, 3.63) is 0 Å². The van der Waals surface area contributed by atoms with E-state index in [1.807, 2.05) is 4.90 Å². The highest BCUT2D eigenvalue weighted by Gasteiger charge is 2.16. The van der Waals surface area contributed by atoms with Crippen molar-refractivity contribution < 1.29 is 14.6 Å². The lowest BCUT2D eigenvalue weighted by molar-refractivity contribution is -0.129. The maximum atomic E-state index is 11.6. The van der Waals surface area contributed by atoms with Crippen LogP contribution in [-0.2, 0) is 9.53 Å². The van der Waals surface area contributed by atoms with E-state index < -0.39 is 6.10 Å². The zero-order chi connectivity index (χ0) is 11.8. The summed E-state index contributed by atoms with van der Waals surface area (Å²) in [5.74, 6) is 0.165. The van der Waals surface area contributed by atoms with Crippen molar-refractivity contribution in [3.8, 4) is 0 Å². The van der Waals surface area contributed by atoms with Crippen molar-refractivity contribution >= 4 is 5.91 Å². The molecule has 94 valence electrons. The van der Waals surface area contributed by atoms with Crippen molar-refractivity contribution in [3.63, 3.8) is 0 Å². The van der Waals surface area contributed by atoms with Crippen molar-refractivity contribution in [1.29, 1.82) is 0 Å². The summed E-state index contributed by atoms with van der Waals surface area (Å²) in [6.07, 6.45) is 2.41. The van der Waals surface area contributed by atoms with Crippen LogP contribution in [0.3, 0.4) is 0 Å². The van der Waals surface area contributed by atoms with Gasteiger partial charge in [-0.2, -0.15) is 0 Å². The van der Waals surface area contributed by atoms with Crippen molar-refractivity contribution in [2.24, 2.45) is 0 Å². The monoisotopic (exact) mass is 230 g/mol. The minimum absolute atomic E-state index is 0.165. The van der Waals surface area contributed by atoms with Gasteiger partial charge < -0.3 is 20.1 Å². The maximum absolute atomic E-state index is 11.6. The summed E-state index contributed by atoms with van der Waals surface area (Å²) < 4.78 is 4.81. The highest BCUT2D eigenvalue weighted by atomic mass is 16.5. The number of rotatable bonds is 7. The zero-order valence-corrected chi connectivity index (χ0v) is 9.95. The number of ether oxygens (including phenoxy) is 1. The molecule has 0 radical (unpaired) electrons. The van der Waals surface area contributed by atoms with Gasteiger partial charge in [-0.1, -0.05) is 0 Å². The molecular formula is C11H22N2O3. The van der Waals surface area contributed by atoms with Gasteiger partial charge in [0.1, 0.15) is 0 Å². The van der Waals surface area contributed by atoms with Gasteiger partial charge in [-0.3, -0.25) is 4.79 Å². The largest absolute Gasteiger partial charge is 0.391 e. The molecule has 1 fully saturated rings. The summed E-state index contributed by atoms with van der Waals surface area (Å²) in [6, 6.07) is 0. The second kappa shape index (κ2) is 7.60. The number of methoxy groups -OCH3 is 1. The number of hydrogen-bond acceptors (Lipinski definition) is 4. The Morgan fingerprint density at radius 1 is 1.50 bits per heavy atom. The van der Waals surface area contributed by atoms with Gasteiger partial charge in [0.15, 0.2) is 0 Å². The Labute approximate surface area is 96.8 Å². The Morgan fingerprint density at radius 2 is 2.19 bits per heavy atom. The fraction of sp³-hybridized carbons (Fsp3) is 0.909. The van der Waals surface area contributed by atoms with Gasteiger partial charge in [0.25, 0.3) is 0 Å². The maximum Gasteiger partial charge on any atom is 0.236 e. The van der Waals surface area contributed by atoms with Crippen LogP contribution in [0.4, 0.5) is 0 Å². The number of nitrogens with one attached hydrogen (secondary N) is 1. The number of amides is 1. The predicted molar refractivity (Wildman–Crippen MR) is 61.2 cm³/mol. The van der Waals surface area contributed by atoms with Crippen LogP contribution in [0.25, 0.3) is 0 Å². The molecular weight excluding hydrogens is 208 g/mol. The molecule has 1 amide bonds. The second-order valence-electron chi connectivity index (χ2n) is 4.16. The molecule has 1 rings (SSSR count). The smallest absolute Gasteiger partial charge is 0.236 e. The molecule has 2 N–H and O–H groups in total. The van der Waals surface area contributed by atoms with Gasteiger partial charge in [0.2, 0.25) is 5.91 Å². The van der Waals surface area contributed by atoms with Crippen LogP contribution < -0.4 is 5.32 Å². The number of carbonyl (C=O) groups is 1. The summed E-state index contributed by atoms with van der Waals surface area (Å²) in [7, 11) is 1.56. The van der Waals surface area contributed by atoms with Crippen LogP contribution in [0.5, 0.6) is 0 Å². The average molecular weight is 230 g/mol. The molecule has 5 nitrogen and oxygen atoms in total. The van der Waals surface area contributed by atoms with Crippen molar-refractivity contribution in [2.75, 3.05) is 39.9 Å². The third-order valence-electron chi connectivity index (χ3n) is 2.75.